The second kappa shape index (κ2) is 12.9. The lowest BCUT2D eigenvalue weighted by molar-refractivity contribution is 0.0734. The Labute approximate surface area is 229 Å². The smallest absolute Gasteiger partial charge is 0.325 e. The highest BCUT2D eigenvalue weighted by Crippen LogP contribution is 2.28. The minimum absolute atomic E-state index is 0. The summed E-state index contributed by atoms with van der Waals surface area (Å²) in [6.45, 7) is 6.42. The molecule has 3 aromatic rings. The van der Waals surface area contributed by atoms with E-state index < -0.39 is 0 Å². The fraction of sp³-hybridized carbons (Fsp3) is 0.444. The van der Waals surface area contributed by atoms with Gasteiger partial charge in [0.25, 0.3) is 0 Å². The quantitative estimate of drug-likeness (QED) is 0.459. The standard InChI is InChI=1S/C24H28N6O3.C3H7N.ClH/c1-25-23(31)30-14-6-17-15-19(3-4-21(17)30)33-20-5-9-26-22(16-20)27-24(32)29-12-7-18(8-13-29)28-10-2-11-28;1-2-4-3-1;/h3-6,9,14-16,18H,2,7-8,10-13H2,1H3,(H,25,31)(H,26,27,32);4H,1-3H2;1H. The summed E-state index contributed by atoms with van der Waals surface area (Å²) in [7, 11) is 1.60. The summed E-state index contributed by atoms with van der Waals surface area (Å²) >= 11 is 0. The van der Waals surface area contributed by atoms with E-state index in [0.29, 0.717) is 23.4 Å². The number of piperidine rings is 1. The second-order valence-corrected chi connectivity index (χ2v) is 9.58. The van der Waals surface area contributed by atoms with Crippen molar-refractivity contribution in [3.05, 3.63) is 48.8 Å². The Bertz CT molecular complexity index is 1230. The number of anilines is 1. The van der Waals surface area contributed by atoms with Crippen molar-refractivity contribution in [2.24, 2.45) is 0 Å². The molecule has 0 radical (unpaired) electrons. The number of likely N-dealkylation sites (tertiary alicyclic amines) is 2. The number of aromatic nitrogens is 2. The molecule has 0 atom stereocenters. The van der Waals surface area contributed by atoms with E-state index in [9.17, 15) is 9.59 Å². The maximum Gasteiger partial charge on any atom is 0.325 e. The van der Waals surface area contributed by atoms with Gasteiger partial charge in [-0.25, -0.2) is 14.6 Å². The first-order valence-electron chi connectivity index (χ1n) is 13.1. The molecular formula is C27H36ClN7O3. The van der Waals surface area contributed by atoms with Gasteiger partial charge in [0.2, 0.25) is 0 Å². The Morgan fingerprint density at radius 2 is 1.68 bits per heavy atom. The van der Waals surface area contributed by atoms with Crippen LogP contribution in [0.3, 0.4) is 0 Å². The summed E-state index contributed by atoms with van der Waals surface area (Å²) in [5.74, 6) is 1.66. The maximum atomic E-state index is 12.7. The summed E-state index contributed by atoms with van der Waals surface area (Å²) in [5, 5.41) is 9.51. The van der Waals surface area contributed by atoms with Crippen LogP contribution >= 0.6 is 12.4 Å². The number of nitrogens with one attached hydrogen (secondary N) is 3. The van der Waals surface area contributed by atoms with Gasteiger partial charge in [-0.05, 0) is 82.2 Å². The number of ether oxygens (including phenoxy) is 1. The highest BCUT2D eigenvalue weighted by Gasteiger charge is 2.29. The molecule has 0 bridgehead atoms. The van der Waals surface area contributed by atoms with Crippen LogP contribution in [0.2, 0.25) is 0 Å². The molecule has 6 rings (SSSR count). The zero-order valence-electron chi connectivity index (χ0n) is 21.7. The lowest BCUT2D eigenvalue weighted by Gasteiger charge is -2.42. The first-order valence-corrected chi connectivity index (χ1v) is 13.1. The number of hydrogen-bond donors (Lipinski definition) is 3. The zero-order chi connectivity index (χ0) is 25.6. The molecule has 3 fully saturated rings. The third kappa shape index (κ3) is 6.56. The molecule has 0 spiro atoms. The van der Waals surface area contributed by atoms with Gasteiger partial charge >= 0.3 is 12.1 Å². The number of amides is 3. The van der Waals surface area contributed by atoms with Crippen LogP contribution in [-0.4, -0.2) is 83.8 Å². The predicted octanol–water partition coefficient (Wildman–Crippen LogP) is 4.12. The third-order valence-electron chi connectivity index (χ3n) is 7.16. The molecule has 0 saturated carbocycles. The van der Waals surface area contributed by atoms with Crippen molar-refractivity contribution in [1.29, 1.82) is 0 Å². The van der Waals surface area contributed by atoms with Crippen molar-refractivity contribution in [3.8, 4) is 11.5 Å². The van der Waals surface area contributed by atoms with Crippen LogP contribution in [0, 0.1) is 0 Å². The summed E-state index contributed by atoms with van der Waals surface area (Å²) in [6.07, 6.45) is 8.06. The fourth-order valence-electron chi connectivity index (χ4n) is 4.67. The predicted molar refractivity (Wildman–Crippen MR) is 151 cm³/mol. The van der Waals surface area contributed by atoms with Crippen molar-refractivity contribution in [3.63, 3.8) is 0 Å². The highest BCUT2D eigenvalue weighted by molar-refractivity contribution is 5.92. The molecule has 3 aliphatic heterocycles. The van der Waals surface area contributed by atoms with Gasteiger partial charge in [0.05, 0.1) is 5.52 Å². The van der Waals surface area contributed by atoms with E-state index >= 15 is 0 Å². The molecule has 0 unspecified atom stereocenters. The number of urea groups is 1. The number of fused-ring (bicyclic) bond motifs is 1. The SMILES string of the molecule is C1CNC1.CNC(=O)n1ccc2cc(Oc3ccnc(NC(=O)N4CCC(N5CCC5)CC4)c3)ccc21.Cl. The Kier molecular flexibility index (Phi) is 9.43. The molecule has 2 aromatic heterocycles. The molecule has 0 aliphatic carbocycles. The molecule has 3 N–H and O–H groups in total. The van der Waals surface area contributed by atoms with Gasteiger partial charge in [-0.2, -0.15) is 0 Å². The van der Waals surface area contributed by atoms with Gasteiger partial charge in [-0.3, -0.25) is 9.88 Å². The van der Waals surface area contributed by atoms with Crippen molar-refractivity contribution >= 4 is 41.2 Å². The molecule has 11 heteroatoms. The summed E-state index contributed by atoms with van der Waals surface area (Å²) in [5.41, 5.74) is 0.794. The lowest BCUT2D eigenvalue weighted by atomic mass is 10.00. The monoisotopic (exact) mass is 541 g/mol. The van der Waals surface area contributed by atoms with Crippen LogP contribution in [-0.2, 0) is 0 Å². The number of halogens is 1. The fourth-order valence-corrected chi connectivity index (χ4v) is 4.67. The zero-order valence-corrected chi connectivity index (χ0v) is 22.5. The van der Waals surface area contributed by atoms with E-state index in [2.05, 4.69) is 25.8 Å². The lowest BCUT2D eigenvalue weighted by Crippen LogP contribution is -2.51. The largest absolute Gasteiger partial charge is 0.457 e. The molecule has 5 heterocycles. The number of pyridine rings is 1. The topological polar surface area (TPSA) is 104 Å². The maximum absolute atomic E-state index is 12.7. The van der Waals surface area contributed by atoms with Gasteiger partial charge in [0, 0.05) is 50.0 Å². The third-order valence-corrected chi connectivity index (χ3v) is 7.16. The molecule has 10 nitrogen and oxygen atoms in total. The average Bonchev–Trinajstić information content (AvgIpc) is 3.25. The van der Waals surface area contributed by atoms with Crippen LogP contribution in [0.1, 0.15) is 25.7 Å². The molecule has 38 heavy (non-hydrogen) atoms. The normalized spacial score (nSPS) is 17.2. The van der Waals surface area contributed by atoms with Crippen molar-refractivity contribution in [1.82, 2.24) is 30.0 Å². The number of hydrogen-bond acceptors (Lipinski definition) is 6. The summed E-state index contributed by atoms with van der Waals surface area (Å²) < 4.78 is 7.54. The molecule has 1 aromatic carbocycles. The van der Waals surface area contributed by atoms with Crippen LogP contribution in [0.5, 0.6) is 11.5 Å². The number of rotatable bonds is 4. The minimum Gasteiger partial charge on any atom is -0.457 e. The molecule has 204 valence electrons. The Morgan fingerprint density at radius 3 is 2.32 bits per heavy atom. The Balaban J connectivity index is 0.000000616. The van der Waals surface area contributed by atoms with E-state index in [0.717, 1.165) is 36.8 Å². The molecular weight excluding hydrogens is 506 g/mol. The molecule has 3 amide bonds. The summed E-state index contributed by atoms with van der Waals surface area (Å²) in [4.78, 5) is 33.3. The van der Waals surface area contributed by atoms with Crippen molar-refractivity contribution < 1.29 is 14.3 Å². The number of benzene rings is 1. The van der Waals surface area contributed by atoms with E-state index in [-0.39, 0.29) is 24.5 Å². The first-order chi connectivity index (χ1) is 18.1. The van der Waals surface area contributed by atoms with Gasteiger partial charge in [0.1, 0.15) is 17.3 Å². The second-order valence-electron chi connectivity index (χ2n) is 9.58. The van der Waals surface area contributed by atoms with Gasteiger partial charge < -0.3 is 25.2 Å². The molecule has 3 aliphatic rings. The van der Waals surface area contributed by atoms with Gasteiger partial charge in [-0.15, -0.1) is 12.4 Å². The van der Waals surface area contributed by atoms with E-state index in [1.54, 1.807) is 36.1 Å². The van der Waals surface area contributed by atoms with Crippen LogP contribution < -0.4 is 20.7 Å². The average molecular weight is 542 g/mol. The van der Waals surface area contributed by atoms with Gasteiger partial charge in [-0.1, -0.05) is 0 Å². The van der Waals surface area contributed by atoms with Crippen LogP contribution in [0.15, 0.2) is 48.8 Å². The van der Waals surface area contributed by atoms with Gasteiger partial charge in [0.15, 0.2) is 0 Å². The number of carbonyl (C=O) groups is 2. The highest BCUT2D eigenvalue weighted by atomic mass is 35.5. The minimum atomic E-state index is -0.196. The number of carbonyl (C=O) groups excluding carboxylic acids is 2. The first kappa shape index (κ1) is 27.7. The van der Waals surface area contributed by atoms with E-state index in [1.807, 2.05) is 29.2 Å². The van der Waals surface area contributed by atoms with Crippen molar-refractivity contribution in [2.45, 2.75) is 31.7 Å². The number of nitrogens with zero attached hydrogens (tertiary/aromatic N) is 4. The van der Waals surface area contributed by atoms with Crippen LogP contribution in [0.25, 0.3) is 10.9 Å². The van der Waals surface area contributed by atoms with Crippen LogP contribution in [0.4, 0.5) is 15.4 Å². The van der Waals surface area contributed by atoms with E-state index in [1.165, 1.54) is 39.0 Å². The molecule has 3 saturated heterocycles. The summed E-state index contributed by atoms with van der Waals surface area (Å²) in [6, 6.07) is 11.1. The Hall–Kier alpha value is -3.34. The van der Waals surface area contributed by atoms with Crippen molar-refractivity contribution in [2.75, 3.05) is 51.6 Å². The van der Waals surface area contributed by atoms with E-state index in [4.69, 9.17) is 4.74 Å². The Morgan fingerprint density at radius 1 is 0.974 bits per heavy atom.